The van der Waals surface area contributed by atoms with Gasteiger partial charge in [-0.15, -0.1) is 5.10 Å². The summed E-state index contributed by atoms with van der Waals surface area (Å²) >= 11 is 0. The SMILES string of the molecule is O=C(O)c1cc(O)ccc1-n1cnnn1. The number of aromatic hydroxyl groups is 1. The van der Waals surface area contributed by atoms with Gasteiger partial charge in [-0.25, -0.2) is 4.79 Å². The number of carbonyl (C=O) groups is 1. The molecule has 2 rings (SSSR count). The standard InChI is InChI=1S/C8H6N4O3/c13-5-1-2-7(6(3-5)8(14)15)12-4-9-10-11-12/h1-4,13H,(H,14,15). The van der Waals surface area contributed by atoms with Crippen LogP contribution in [-0.2, 0) is 0 Å². The minimum absolute atomic E-state index is 0.0673. The van der Waals surface area contributed by atoms with Gasteiger partial charge in [-0.3, -0.25) is 0 Å². The number of carboxylic acids is 1. The molecule has 0 aliphatic carbocycles. The summed E-state index contributed by atoms with van der Waals surface area (Å²) in [5.74, 6) is -1.28. The van der Waals surface area contributed by atoms with Gasteiger partial charge in [-0.05, 0) is 28.6 Å². The van der Waals surface area contributed by atoms with Crippen molar-refractivity contribution in [2.75, 3.05) is 0 Å². The Labute approximate surface area is 83.6 Å². The maximum absolute atomic E-state index is 10.9. The fraction of sp³-hybridized carbons (Fsp3) is 0. The van der Waals surface area contributed by atoms with Gasteiger partial charge in [-0.2, -0.15) is 4.68 Å². The van der Waals surface area contributed by atoms with Crippen molar-refractivity contribution in [3.63, 3.8) is 0 Å². The largest absolute Gasteiger partial charge is 0.508 e. The molecule has 0 amide bonds. The quantitative estimate of drug-likeness (QED) is 0.720. The highest BCUT2D eigenvalue weighted by atomic mass is 16.4. The Balaban J connectivity index is 2.61. The molecule has 0 radical (unpaired) electrons. The number of aromatic carboxylic acids is 1. The summed E-state index contributed by atoms with van der Waals surface area (Å²) in [4.78, 5) is 10.9. The Kier molecular flexibility index (Phi) is 2.05. The number of aromatic nitrogens is 4. The second-order valence-electron chi connectivity index (χ2n) is 2.76. The predicted molar refractivity (Wildman–Crippen MR) is 47.8 cm³/mol. The summed E-state index contributed by atoms with van der Waals surface area (Å²) in [6, 6.07) is 3.93. The van der Waals surface area contributed by atoms with E-state index in [1.165, 1.54) is 23.1 Å². The van der Waals surface area contributed by atoms with Crippen LogP contribution in [0.25, 0.3) is 5.69 Å². The van der Waals surface area contributed by atoms with Crippen LogP contribution in [0.5, 0.6) is 5.75 Å². The molecule has 0 bridgehead atoms. The van der Waals surface area contributed by atoms with E-state index < -0.39 is 5.97 Å². The predicted octanol–water partition coefficient (Wildman–Crippen LogP) is 0.0661. The molecule has 0 saturated heterocycles. The zero-order chi connectivity index (χ0) is 10.8. The molecule has 76 valence electrons. The average Bonchev–Trinajstić information content (AvgIpc) is 2.70. The maximum Gasteiger partial charge on any atom is 0.338 e. The van der Waals surface area contributed by atoms with Crippen molar-refractivity contribution in [1.82, 2.24) is 20.2 Å². The number of phenols is 1. The Morgan fingerprint density at radius 2 is 2.20 bits per heavy atom. The number of tetrazole rings is 1. The maximum atomic E-state index is 10.9. The molecule has 1 aromatic carbocycles. The molecule has 0 saturated carbocycles. The van der Waals surface area contributed by atoms with Crippen LogP contribution < -0.4 is 0 Å². The van der Waals surface area contributed by atoms with Crippen molar-refractivity contribution in [3.8, 4) is 11.4 Å². The van der Waals surface area contributed by atoms with E-state index in [2.05, 4.69) is 15.5 Å². The molecule has 0 aliphatic rings. The first-order valence-corrected chi connectivity index (χ1v) is 3.98. The van der Waals surface area contributed by atoms with E-state index in [-0.39, 0.29) is 11.3 Å². The van der Waals surface area contributed by atoms with Gasteiger partial charge < -0.3 is 10.2 Å². The lowest BCUT2D eigenvalue weighted by atomic mass is 10.1. The molecule has 0 aliphatic heterocycles. The monoisotopic (exact) mass is 206 g/mol. The number of benzene rings is 1. The van der Waals surface area contributed by atoms with E-state index in [1.54, 1.807) is 0 Å². The van der Waals surface area contributed by atoms with Crippen molar-refractivity contribution >= 4 is 5.97 Å². The lowest BCUT2D eigenvalue weighted by molar-refractivity contribution is 0.0696. The van der Waals surface area contributed by atoms with Crippen molar-refractivity contribution in [3.05, 3.63) is 30.1 Å². The summed E-state index contributed by atoms with van der Waals surface area (Å²) in [6.45, 7) is 0. The van der Waals surface area contributed by atoms with E-state index in [1.807, 2.05) is 0 Å². The van der Waals surface area contributed by atoms with Crippen molar-refractivity contribution < 1.29 is 15.0 Å². The van der Waals surface area contributed by atoms with E-state index >= 15 is 0 Å². The van der Waals surface area contributed by atoms with Crippen LogP contribution in [0.4, 0.5) is 0 Å². The van der Waals surface area contributed by atoms with E-state index in [0.29, 0.717) is 5.69 Å². The summed E-state index contributed by atoms with van der Waals surface area (Å²) in [7, 11) is 0. The summed E-state index contributed by atoms with van der Waals surface area (Å²) < 4.78 is 1.21. The third kappa shape index (κ3) is 1.62. The molecular formula is C8H6N4O3. The van der Waals surface area contributed by atoms with Crippen LogP contribution in [0.1, 0.15) is 10.4 Å². The zero-order valence-electron chi connectivity index (χ0n) is 7.40. The van der Waals surface area contributed by atoms with Crippen molar-refractivity contribution in [1.29, 1.82) is 0 Å². The van der Waals surface area contributed by atoms with Gasteiger partial charge >= 0.3 is 5.97 Å². The van der Waals surface area contributed by atoms with E-state index in [4.69, 9.17) is 10.2 Å². The summed E-state index contributed by atoms with van der Waals surface area (Å²) in [5.41, 5.74) is 0.229. The first-order valence-electron chi connectivity index (χ1n) is 3.98. The second kappa shape index (κ2) is 3.37. The highest BCUT2D eigenvalue weighted by Crippen LogP contribution is 2.19. The molecule has 0 spiro atoms. The highest BCUT2D eigenvalue weighted by Gasteiger charge is 2.13. The molecule has 1 heterocycles. The average molecular weight is 206 g/mol. The summed E-state index contributed by atoms with van der Waals surface area (Å²) in [6.07, 6.45) is 1.28. The second-order valence-corrected chi connectivity index (χ2v) is 2.76. The van der Waals surface area contributed by atoms with Crippen LogP contribution in [0.3, 0.4) is 0 Å². The van der Waals surface area contributed by atoms with Crippen LogP contribution in [0.2, 0.25) is 0 Å². The number of phenolic OH excluding ortho intramolecular Hbond substituents is 1. The van der Waals surface area contributed by atoms with Gasteiger partial charge in [0.25, 0.3) is 0 Å². The normalized spacial score (nSPS) is 10.1. The molecule has 15 heavy (non-hydrogen) atoms. The fourth-order valence-electron chi connectivity index (χ4n) is 1.17. The molecule has 2 aromatic rings. The van der Waals surface area contributed by atoms with Gasteiger partial charge in [-0.1, -0.05) is 0 Å². The highest BCUT2D eigenvalue weighted by molar-refractivity contribution is 5.92. The van der Waals surface area contributed by atoms with E-state index in [0.717, 1.165) is 6.07 Å². The van der Waals surface area contributed by atoms with Crippen LogP contribution in [-0.4, -0.2) is 36.4 Å². The Hall–Kier alpha value is -2.44. The Morgan fingerprint density at radius 1 is 1.40 bits per heavy atom. The van der Waals surface area contributed by atoms with Crippen LogP contribution >= 0.6 is 0 Å². The molecule has 0 atom stereocenters. The zero-order valence-corrected chi connectivity index (χ0v) is 7.40. The van der Waals surface area contributed by atoms with Gasteiger partial charge in [0.05, 0.1) is 11.3 Å². The first kappa shape index (κ1) is 9.13. The van der Waals surface area contributed by atoms with Crippen LogP contribution in [0.15, 0.2) is 24.5 Å². The molecule has 2 N–H and O–H groups in total. The minimum Gasteiger partial charge on any atom is -0.508 e. The number of hydrogen-bond acceptors (Lipinski definition) is 5. The van der Waals surface area contributed by atoms with E-state index in [9.17, 15) is 4.79 Å². The molecule has 0 fully saturated rings. The van der Waals surface area contributed by atoms with Gasteiger partial charge in [0.1, 0.15) is 12.1 Å². The number of carboxylic acid groups (broad SMARTS) is 1. The molecular weight excluding hydrogens is 200 g/mol. The Bertz CT molecular complexity index is 495. The molecule has 1 aromatic heterocycles. The van der Waals surface area contributed by atoms with Crippen LogP contribution in [0, 0.1) is 0 Å². The molecule has 7 nitrogen and oxygen atoms in total. The summed E-state index contributed by atoms with van der Waals surface area (Å²) in [5, 5.41) is 28.4. The number of hydrogen-bond donors (Lipinski definition) is 2. The molecule has 7 heteroatoms. The topological polar surface area (TPSA) is 101 Å². The first-order chi connectivity index (χ1) is 7.18. The van der Waals surface area contributed by atoms with Gasteiger partial charge in [0, 0.05) is 0 Å². The fourth-order valence-corrected chi connectivity index (χ4v) is 1.17. The lowest BCUT2D eigenvalue weighted by Crippen LogP contribution is -2.05. The molecule has 0 unspecified atom stereocenters. The lowest BCUT2D eigenvalue weighted by Gasteiger charge is -2.04. The van der Waals surface area contributed by atoms with Crippen molar-refractivity contribution in [2.45, 2.75) is 0 Å². The minimum atomic E-state index is -1.16. The van der Waals surface area contributed by atoms with Gasteiger partial charge in [0.15, 0.2) is 0 Å². The van der Waals surface area contributed by atoms with Crippen molar-refractivity contribution in [2.24, 2.45) is 0 Å². The van der Waals surface area contributed by atoms with Gasteiger partial charge in [0.2, 0.25) is 0 Å². The smallest absolute Gasteiger partial charge is 0.338 e. The Morgan fingerprint density at radius 3 is 2.80 bits per heavy atom. The number of rotatable bonds is 2. The third-order valence-corrected chi connectivity index (χ3v) is 1.81. The number of nitrogens with zero attached hydrogens (tertiary/aromatic N) is 4. The third-order valence-electron chi connectivity index (χ3n) is 1.81.